The van der Waals surface area contributed by atoms with Crippen molar-refractivity contribution < 1.29 is 52.8 Å². The maximum atomic E-state index is 13.7. The highest BCUT2D eigenvalue weighted by Gasteiger charge is 2.92. The molecule has 20 heavy (non-hydrogen) atoms. The van der Waals surface area contributed by atoms with Crippen LogP contribution >= 0.6 is 0 Å². The predicted octanol–water partition coefficient (Wildman–Crippen LogP) is 2.87. The van der Waals surface area contributed by atoms with Gasteiger partial charge in [0.15, 0.2) is 0 Å². The van der Waals surface area contributed by atoms with Gasteiger partial charge in [-0.2, -0.15) is 35.1 Å². The molecule has 0 aromatic rings. The molecule has 0 atom stereocenters. The van der Waals surface area contributed by atoms with Crippen LogP contribution in [0.1, 0.15) is 0 Å². The topological polar surface area (TPSA) is 27.7 Å². The van der Waals surface area contributed by atoms with Gasteiger partial charge in [0.25, 0.3) is 0 Å². The molecule has 122 valence electrons. The zero-order chi connectivity index (χ0) is 16.6. The summed E-state index contributed by atoms with van der Waals surface area (Å²) in [6, 6.07) is 0. The second kappa shape index (κ2) is 5.34. The van der Waals surface area contributed by atoms with Gasteiger partial charge in [-0.3, -0.25) is 0 Å². The minimum Gasteiger partial charge on any atom is -0.373 e. The molecule has 0 spiro atoms. The average Bonchev–Trinajstić information content (AvgIpc) is 2.27. The van der Waals surface area contributed by atoms with Gasteiger partial charge in [-0.15, -0.1) is 0 Å². The standard InChI is InChI=1S/C7H9F9O3Si/c1-17-20(18-2,19-3)7(15,16)4(8,5(9,10)11)6(12,13)14/h1-3H3. The van der Waals surface area contributed by atoms with Gasteiger partial charge in [-0.05, 0) is 0 Å². The third kappa shape index (κ3) is 2.40. The van der Waals surface area contributed by atoms with Crippen LogP contribution in [0.25, 0.3) is 0 Å². The van der Waals surface area contributed by atoms with Crippen LogP contribution in [0.5, 0.6) is 0 Å². The molecule has 0 unspecified atom stereocenters. The molecule has 0 aromatic heterocycles. The monoisotopic (exact) mass is 340 g/mol. The molecule has 0 aliphatic carbocycles. The van der Waals surface area contributed by atoms with Crippen molar-refractivity contribution in [1.82, 2.24) is 0 Å². The molecule has 0 bridgehead atoms. The predicted molar refractivity (Wildman–Crippen MR) is 47.7 cm³/mol. The van der Waals surface area contributed by atoms with Gasteiger partial charge in [0.1, 0.15) is 0 Å². The lowest BCUT2D eigenvalue weighted by atomic mass is 10.1. The van der Waals surface area contributed by atoms with E-state index in [1.165, 1.54) is 0 Å². The van der Waals surface area contributed by atoms with E-state index in [0.717, 1.165) is 0 Å². The van der Waals surface area contributed by atoms with Crippen LogP contribution in [0.2, 0.25) is 0 Å². The third-order valence-electron chi connectivity index (χ3n) is 2.40. The summed E-state index contributed by atoms with van der Waals surface area (Å²) in [5.74, 6) is 0. The normalized spacial score (nSPS) is 15.6. The van der Waals surface area contributed by atoms with Crippen molar-refractivity contribution in [2.45, 2.75) is 23.6 Å². The highest BCUT2D eigenvalue weighted by molar-refractivity contribution is 6.63. The van der Waals surface area contributed by atoms with Crippen LogP contribution in [0.3, 0.4) is 0 Å². The van der Waals surface area contributed by atoms with Crippen LogP contribution in [0.15, 0.2) is 0 Å². The zero-order valence-electron chi connectivity index (χ0n) is 10.1. The van der Waals surface area contributed by atoms with Crippen molar-refractivity contribution in [2.24, 2.45) is 0 Å². The van der Waals surface area contributed by atoms with E-state index in [2.05, 4.69) is 13.3 Å². The van der Waals surface area contributed by atoms with Gasteiger partial charge >= 0.3 is 32.4 Å². The van der Waals surface area contributed by atoms with Crippen LogP contribution in [-0.2, 0) is 13.3 Å². The quantitative estimate of drug-likeness (QED) is 0.569. The number of alkyl halides is 9. The number of halogens is 9. The summed E-state index contributed by atoms with van der Waals surface area (Å²) in [5.41, 5.74) is -13.0. The van der Waals surface area contributed by atoms with Crippen molar-refractivity contribution in [3.05, 3.63) is 0 Å². The summed E-state index contributed by atoms with van der Waals surface area (Å²) in [4.78, 5) is 0. The van der Waals surface area contributed by atoms with E-state index in [-0.39, 0.29) is 0 Å². The van der Waals surface area contributed by atoms with E-state index in [1.807, 2.05) is 0 Å². The van der Waals surface area contributed by atoms with Gasteiger partial charge in [0.2, 0.25) is 0 Å². The smallest absolute Gasteiger partial charge is 0.373 e. The SMILES string of the molecule is CO[Si](OC)(OC)C(F)(F)C(F)(C(F)(F)F)C(F)(F)F. The fourth-order valence-corrected chi connectivity index (χ4v) is 3.34. The first-order chi connectivity index (χ1) is 8.68. The second-order valence-corrected chi connectivity index (χ2v) is 6.36. The Morgan fingerprint density at radius 3 is 1.00 bits per heavy atom. The summed E-state index contributed by atoms with van der Waals surface area (Å²) >= 11 is 0. The Morgan fingerprint density at radius 2 is 0.850 bits per heavy atom. The van der Waals surface area contributed by atoms with Crippen molar-refractivity contribution in [3.8, 4) is 0 Å². The number of hydrogen-bond acceptors (Lipinski definition) is 3. The molecule has 0 radical (unpaired) electrons. The fraction of sp³-hybridized carbons (Fsp3) is 1.00. The maximum absolute atomic E-state index is 13.7. The Hall–Kier alpha value is -0.533. The van der Waals surface area contributed by atoms with Crippen molar-refractivity contribution in [1.29, 1.82) is 0 Å². The molecule has 0 N–H and O–H groups in total. The lowest BCUT2D eigenvalue weighted by Crippen LogP contribution is -2.76. The molecule has 0 aliphatic rings. The molecule has 13 heteroatoms. The molecular formula is C7H9F9O3Si. The van der Waals surface area contributed by atoms with Gasteiger partial charge in [-0.1, -0.05) is 0 Å². The first kappa shape index (κ1) is 19.5. The molecule has 0 rings (SSSR count). The number of hydrogen-bond donors (Lipinski definition) is 0. The van der Waals surface area contributed by atoms with Crippen LogP contribution in [0, 0.1) is 0 Å². The molecule has 0 fully saturated rings. The highest BCUT2D eigenvalue weighted by Crippen LogP contribution is 2.57. The van der Waals surface area contributed by atoms with Gasteiger partial charge in [0, 0.05) is 21.3 Å². The third-order valence-corrected chi connectivity index (χ3v) is 5.13. The Morgan fingerprint density at radius 1 is 0.600 bits per heavy atom. The van der Waals surface area contributed by atoms with Crippen LogP contribution in [-0.4, -0.2) is 53.7 Å². The lowest BCUT2D eigenvalue weighted by Gasteiger charge is -2.41. The highest BCUT2D eigenvalue weighted by atomic mass is 28.4. The fourth-order valence-electron chi connectivity index (χ4n) is 1.36. The minimum atomic E-state index is -6.97. The summed E-state index contributed by atoms with van der Waals surface area (Å²) < 4.78 is 126. The lowest BCUT2D eigenvalue weighted by molar-refractivity contribution is -0.388. The Kier molecular flexibility index (Phi) is 5.20. The van der Waals surface area contributed by atoms with Crippen molar-refractivity contribution in [2.75, 3.05) is 21.3 Å². The molecule has 0 aromatic carbocycles. The molecule has 0 amide bonds. The van der Waals surface area contributed by atoms with Gasteiger partial charge in [0.05, 0.1) is 0 Å². The summed E-state index contributed by atoms with van der Waals surface area (Å²) in [7, 11) is -4.99. The van der Waals surface area contributed by atoms with E-state index < -0.39 is 32.4 Å². The van der Waals surface area contributed by atoms with E-state index in [1.54, 1.807) is 0 Å². The molecule has 0 saturated heterocycles. The van der Waals surface area contributed by atoms with Crippen molar-refractivity contribution >= 4 is 8.80 Å². The van der Waals surface area contributed by atoms with Crippen molar-refractivity contribution in [3.63, 3.8) is 0 Å². The Labute approximate surface area is 108 Å². The first-order valence-electron chi connectivity index (χ1n) is 4.54. The Balaban J connectivity index is 6.34. The van der Waals surface area contributed by atoms with Gasteiger partial charge < -0.3 is 13.3 Å². The van der Waals surface area contributed by atoms with Crippen LogP contribution in [0.4, 0.5) is 39.5 Å². The second-order valence-electron chi connectivity index (χ2n) is 3.40. The van der Waals surface area contributed by atoms with E-state index in [9.17, 15) is 39.5 Å². The molecule has 0 heterocycles. The summed E-state index contributed by atoms with van der Waals surface area (Å²) in [5, 5.41) is 0. The average molecular weight is 340 g/mol. The van der Waals surface area contributed by atoms with Crippen LogP contribution < -0.4 is 0 Å². The van der Waals surface area contributed by atoms with E-state index >= 15 is 0 Å². The molecule has 0 aliphatic heterocycles. The first-order valence-corrected chi connectivity index (χ1v) is 6.26. The molecular weight excluding hydrogens is 331 g/mol. The summed E-state index contributed by atoms with van der Waals surface area (Å²) in [6.45, 7) is 0. The van der Waals surface area contributed by atoms with Gasteiger partial charge in [-0.25, -0.2) is 4.39 Å². The maximum Gasteiger partial charge on any atom is 0.578 e. The minimum absolute atomic E-state index is 0.320. The van der Waals surface area contributed by atoms with E-state index in [4.69, 9.17) is 0 Å². The summed E-state index contributed by atoms with van der Waals surface area (Å²) in [6.07, 6.45) is -13.9. The Bertz CT molecular complexity index is 313. The van der Waals surface area contributed by atoms with E-state index in [0.29, 0.717) is 21.3 Å². The number of rotatable bonds is 5. The largest absolute Gasteiger partial charge is 0.578 e. The molecule has 3 nitrogen and oxygen atoms in total. The zero-order valence-corrected chi connectivity index (χ0v) is 11.1. The molecule has 0 saturated carbocycles.